The second-order valence-corrected chi connectivity index (χ2v) is 4.20. The minimum Gasteiger partial charge on any atom is -0.310 e. The van der Waals surface area contributed by atoms with E-state index < -0.39 is 11.7 Å². The molecule has 0 saturated carbocycles. The second kappa shape index (κ2) is 6.00. The van der Waals surface area contributed by atoms with Crippen LogP contribution in [0.1, 0.15) is 24.7 Å². The highest BCUT2D eigenvalue weighted by Crippen LogP contribution is 2.33. The fourth-order valence-corrected chi connectivity index (χ4v) is 1.78. The van der Waals surface area contributed by atoms with Gasteiger partial charge in [0.15, 0.2) is 5.82 Å². The normalized spacial score (nSPS) is 11.8. The molecule has 2 aromatic rings. The molecule has 0 bridgehead atoms. The van der Waals surface area contributed by atoms with Crippen LogP contribution in [0.3, 0.4) is 0 Å². The molecule has 1 aromatic carbocycles. The summed E-state index contributed by atoms with van der Waals surface area (Å²) < 4.78 is 40.1. The van der Waals surface area contributed by atoms with Crippen LogP contribution in [0, 0.1) is 0 Å². The van der Waals surface area contributed by atoms with E-state index in [1.54, 1.807) is 0 Å². The van der Waals surface area contributed by atoms with Crippen molar-refractivity contribution >= 4 is 0 Å². The van der Waals surface area contributed by atoms with Crippen LogP contribution in [0.25, 0.3) is 5.69 Å². The minimum atomic E-state index is -4.45. The molecule has 1 heterocycles. The number of hydrogen-bond donors (Lipinski definition) is 1. The molecule has 0 fully saturated rings. The number of halogens is 3. The maximum Gasteiger partial charge on any atom is 0.418 e. The molecular formula is C12H14F3N5. The van der Waals surface area contributed by atoms with Gasteiger partial charge in [-0.1, -0.05) is 19.1 Å². The van der Waals surface area contributed by atoms with Crippen LogP contribution in [0.2, 0.25) is 0 Å². The molecule has 1 N–H and O–H groups in total. The van der Waals surface area contributed by atoms with Gasteiger partial charge < -0.3 is 5.32 Å². The van der Waals surface area contributed by atoms with Crippen LogP contribution in [-0.4, -0.2) is 26.8 Å². The lowest BCUT2D eigenvalue weighted by Gasteiger charge is -2.13. The first-order valence-electron chi connectivity index (χ1n) is 6.18. The van der Waals surface area contributed by atoms with Gasteiger partial charge in [-0.15, -0.1) is 5.10 Å². The Morgan fingerprint density at radius 1 is 1.25 bits per heavy atom. The summed E-state index contributed by atoms with van der Waals surface area (Å²) in [5.74, 6) is 0.343. The van der Waals surface area contributed by atoms with Crippen LogP contribution in [0.5, 0.6) is 0 Å². The van der Waals surface area contributed by atoms with Crippen LogP contribution >= 0.6 is 0 Å². The fourth-order valence-electron chi connectivity index (χ4n) is 1.78. The van der Waals surface area contributed by atoms with Crippen molar-refractivity contribution in [3.63, 3.8) is 0 Å². The average molecular weight is 285 g/mol. The van der Waals surface area contributed by atoms with Gasteiger partial charge in [-0.2, -0.15) is 17.9 Å². The molecule has 0 unspecified atom stereocenters. The smallest absolute Gasteiger partial charge is 0.310 e. The van der Waals surface area contributed by atoms with E-state index in [4.69, 9.17) is 0 Å². The Kier molecular flexibility index (Phi) is 4.33. The van der Waals surface area contributed by atoms with Gasteiger partial charge in [0.05, 0.1) is 17.8 Å². The van der Waals surface area contributed by atoms with E-state index in [1.165, 1.54) is 18.2 Å². The van der Waals surface area contributed by atoms with E-state index in [2.05, 4.69) is 20.8 Å². The molecule has 0 atom stereocenters. The van der Waals surface area contributed by atoms with E-state index in [0.29, 0.717) is 12.4 Å². The Hall–Kier alpha value is -1.96. The Morgan fingerprint density at radius 3 is 2.70 bits per heavy atom. The topological polar surface area (TPSA) is 55.6 Å². The largest absolute Gasteiger partial charge is 0.418 e. The second-order valence-electron chi connectivity index (χ2n) is 4.20. The number of nitrogens with zero attached hydrogens (tertiary/aromatic N) is 4. The number of alkyl halides is 3. The Balaban J connectivity index is 2.35. The van der Waals surface area contributed by atoms with Crippen LogP contribution in [0.15, 0.2) is 24.3 Å². The first kappa shape index (κ1) is 14.4. The van der Waals surface area contributed by atoms with E-state index in [9.17, 15) is 13.2 Å². The summed E-state index contributed by atoms with van der Waals surface area (Å²) in [6, 6.07) is 5.23. The predicted molar refractivity (Wildman–Crippen MR) is 66.2 cm³/mol. The third kappa shape index (κ3) is 3.13. The first-order valence-corrected chi connectivity index (χ1v) is 6.18. The Bertz CT molecular complexity index is 564. The zero-order valence-electron chi connectivity index (χ0n) is 10.9. The van der Waals surface area contributed by atoms with Gasteiger partial charge in [-0.25, -0.2) is 0 Å². The van der Waals surface area contributed by atoms with Crippen LogP contribution in [-0.2, 0) is 12.7 Å². The average Bonchev–Trinajstić information content (AvgIpc) is 2.86. The van der Waals surface area contributed by atoms with E-state index in [0.717, 1.165) is 23.7 Å². The quantitative estimate of drug-likeness (QED) is 0.856. The number of benzene rings is 1. The van der Waals surface area contributed by atoms with Gasteiger partial charge in [0.25, 0.3) is 0 Å². The molecule has 0 aliphatic rings. The molecule has 8 heteroatoms. The summed E-state index contributed by atoms with van der Waals surface area (Å²) >= 11 is 0. The van der Waals surface area contributed by atoms with Crippen LogP contribution < -0.4 is 5.32 Å². The molecule has 0 aliphatic carbocycles. The lowest BCUT2D eigenvalue weighted by molar-refractivity contribution is -0.137. The van der Waals surface area contributed by atoms with Gasteiger partial charge >= 0.3 is 6.18 Å². The van der Waals surface area contributed by atoms with Crippen molar-refractivity contribution in [2.75, 3.05) is 6.54 Å². The van der Waals surface area contributed by atoms with Crippen molar-refractivity contribution in [2.45, 2.75) is 26.1 Å². The highest BCUT2D eigenvalue weighted by atomic mass is 19.4. The molecule has 20 heavy (non-hydrogen) atoms. The molecule has 2 rings (SSSR count). The molecule has 0 aliphatic heterocycles. The van der Waals surface area contributed by atoms with Crippen molar-refractivity contribution < 1.29 is 13.2 Å². The molecule has 0 radical (unpaired) electrons. The summed E-state index contributed by atoms with van der Waals surface area (Å²) in [4.78, 5) is 0. The summed E-state index contributed by atoms with van der Waals surface area (Å²) in [6.07, 6.45) is -3.53. The number of para-hydroxylation sites is 1. The lowest BCUT2D eigenvalue weighted by atomic mass is 10.1. The number of aromatic nitrogens is 4. The molecule has 108 valence electrons. The van der Waals surface area contributed by atoms with Crippen LogP contribution in [0.4, 0.5) is 13.2 Å². The van der Waals surface area contributed by atoms with Crippen molar-refractivity contribution in [3.8, 4) is 5.69 Å². The highest BCUT2D eigenvalue weighted by molar-refractivity contribution is 5.42. The third-order valence-electron chi connectivity index (χ3n) is 2.68. The van der Waals surface area contributed by atoms with Crippen molar-refractivity contribution in [3.05, 3.63) is 35.7 Å². The number of rotatable bonds is 5. The van der Waals surface area contributed by atoms with Gasteiger partial charge in [-0.3, -0.25) is 0 Å². The molecule has 0 spiro atoms. The number of tetrazole rings is 1. The van der Waals surface area contributed by atoms with E-state index in [-0.39, 0.29) is 5.69 Å². The van der Waals surface area contributed by atoms with Gasteiger partial charge in [0, 0.05) is 0 Å². The summed E-state index contributed by atoms with van der Waals surface area (Å²) in [5.41, 5.74) is -0.831. The van der Waals surface area contributed by atoms with Gasteiger partial charge in [-0.05, 0) is 35.5 Å². The fraction of sp³-hybridized carbons (Fsp3) is 0.417. The summed E-state index contributed by atoms with van der Waals surface area (Å²) in [5, 5.41) is 13.9. The molecule has 0 saturated heterocycles. The zero-order valence-corrected chi connectivity index (χ0v) is 10.9. The maximum atomic E-state index is 13.0. The SMILES string of the molecule is CCCNCc1nnnn1-c1ccccc1C(F)(F)F. The minimum absolute atomic E-state index is 0.0710. The Morgan fingerprint density at radius 2 is 2.00 bits per heavy atom. The highest BCUT2D eigenvalue weighted by Gasteiger charge is 2.34. The summed E-state index contributed by atoms with van der Waals surface area (Å²) in [7, 11) is 0. The molecule has 1 aromatic heterocycles. The standard InChI is InChI=1S/C12H14F3N5/c1-2-7-16-8-11-17-18-19-20(11)10-6-4-3-5-9(10)12(13,14)15/h3-6,16H,2,7-8H2,1H3. The monoisotopic (exact) mass is 285 g/mol. The maximum absolute atomic E-state index is 13.0. The zero-order chi connectivity index (χ0) is 14.6. The summed E-state index contributed by atoms with van der Waals surface area (Å²) in [6.45, 7) is 3.05. The number of nitrogens with one attached hydrogen (secondary N) is 1. The predicted octanol–water partition coefficient (Wildman–Crippen LogP) is 2.18. The first-order chi connectivity index (χ1) is 9.54. The Labute approximate surface area is 113 Å². The van der Waals surface area contributed by atoms with E-state index >= 15 is 0 Å². The lowest BCUT2D eigenvalue weighted by Crippen LogP contribution is -2.19. The molecule has 0 amide bonds. The third-order valence-corrected chi connectivity index (χ3v) is 2.68. The van der Waals surface area contributed by atoms with Crippen molar-refractivity contribution in [1.82, 2.24) is 25.5 Å². The molecular weight excluding hydrogens is 271 g/mol. The van der Waals surface area contributed by atoms with Gasteiger partial charge in [0.1, 0.15) is 0 Å². The van der Waals surface area contributed by atoms with Crippen molar-refractivity contribution in [2.24, 2.45) is 0 Å². The van der Waals surface area contributed by atoms with Gasteiger partial charge in [0.2, 0.25) is 0 Å². The number of hydrogen-bond acceptors (Lipinski definition) is 4. The van der Waals surface area contributed by atoms with Crippen molar-refractivity contribution in [1.29, 1.82) is 0 Å². The molecule has 5 nitrogen and oxygen atoms in total. The van der Waals surface area contributed by atoms with E-state index in [1.807, 2.05) is 6.92 Å².